The average Bonchev–Trinajstić information content (AvgIpc) is 2.95. The molecule has 0 unspecified atom stereocenters. The van der Waals surface area contributed by atoms with E-state index >= 15 is 0 Å². The van der Waals surface area contributed by atoms with Crippen LogP contribution in [0.25, 0.3) is 11.3 Å². The van der Waals surface area contributed by atoms with Crippen molar-refractivity contribution in [2.75, 3.05) is 0 Å². The van der Waals surface area contributed by atoms with Gasteiger partial charge in [0.1, 0.15) is 16.5 Å². The Balaban J connectivity index is 2.18. The normalized spacial score (nSPS) is 11.6. The SMILES string of the molecule is NC(=NN=Cc1ccc(-c2ccc(Cl)c([N+](=O)[O-])c2)o1)N[N+](=O)[O-]. The Morgan fingerprint density at radius 2 is 2.04 bits per heavy atom. The molecular formula is C12H9ClN6O5. The van der Waals surface area contributed by atoms with E-state index in [2.05, 4.69) is 10.2 Å². The van der Waals surface area contributed by atoms with Gasteiger partial charge in [-0.25, -0.2) is 10.1 Å². The van der Waals surface area contributed by atoms with Gasteiger partial charge in [-0.3, -0.25) is 10.1 Å². The molecule has 124 valence electrons. The smallest absolute Gasteiger partial charge is 0.288 e. The lowest BCUT2D eigenvalue weighted by molar-refractivity contribution is -0.525. The van der Waals surface area contributed by atoms with E-state index in [1.54, 1.807) is 17.6 Å². The number of furan rings is 1. The summed E-state index contributed by atoms with van der Waals surface area (Å²) in [7, 11) is 0. The number of nitro benzene ring substituents is 1. The first-order chi connectivity index (χ1) is 11.4. The third-order valence-corrected chi connectivity index (χ3v) is 2.93. The lowest BCUT2D eigenvalue weighted by atomic mass is 10.1. The van der Waals surface area contributed by atoms with Crippen molar-refractivity contribution in [1.29, 1.82) is 0 Å². The van der Waals surface area contributed by atoms with Crippen LogP contribution >= 0.6 is 11.6 Å². The monoisotopic (exact) mass is 352 g/mol. The van der Waals surface area contributed by atoms with E-state index in [4.69, 9.17) is 21.8 Å². The number of nitrogens with one attached hydrogen (secondary N) is 1. The number of halogens is 1. The zero-order valence-corrected chi connectivity index (χ0v) is 12.5. The van der Waals surface area contributed by atoms with Gasteiger partial charge in [0.15, 0.2) is 5.03 Å². The topological polar surface area (TPSA) is 162 Å². The molecule has 1 heterocycles. The van der Waals surface area contributed by atoms with Crippen molar-refractivity contribution in [1.82, 2.24) is 5.43 Å². The number of guanidine groups is 1. The van der Waals surface area contributed by atoms with Gasteiger partial charge in [-0.05, 0) is 24.3 Å². The largest absolute Gasteiger partial charge is 0.455 e. The average molecular weight is 353 g/mol. The number of nitrogens with zero attached hydrogens (tertiary/aromatic N) is 4. The molecule has 2 aromatic rings. The van der Waals surface area contributed by atoms with Gasteiger partial charge in [0.2, 0.25) is 0 Å². The quantitative estimate of drug-likeness (QED) is 0.359. The zero-order chi connectivity index (χ0) is 17.7. The van der Waals surface area contributed by atoms with E-state index < -0.39 is 15.9 Å². The Labute approximate surface area is 138 Å². The fourth-order valence-electron chi connectivity index (χ4n) is 1.65. The first-order valence-electron chi connectivity index (χ1n) is 6.18. The van der Waals surface area contributed by atoms with Gasteiger partial charge in [0.25, 0.3) is 11.6 Å². The lowest BCUT2D eigenvalue weighted by Gasteiger charge is -1.99. The number of hydrogen-bond acceptors (Lipinski definition) is 7. The van der Waals surface area contributed by atoms with Crippen molar-refractivity contribution in [3.05, 3.63) is 61.3 Å². The summed E-state index contributed by atoms with van der Waals surface area (Å²) >= 11 is 5.74. The van der Waals surface area contributed by atoms with E-state index in [0.29, 0.717) is 11.3 Å². The number of hydrogen-bond donors (Lipinski definition) is 2. The maximum Gasteiger partial charge on any atom is 0.288 e. The molecule has 1 aromatic heterocycles. The first kappa shape index (κ1) is 16.9. The highest BCUT2D eigenvalue weighted by Crippen LogP contribution is 2.30. The van der Waals surface area contributed by atoms with E-state index in [9.17, 15) is 20.2 Å². The lowest BCUT2D eigenvalue weighted by Crippen LogP contribution is -2.35. The summed E-state index contributed by atoms with van der Waals surface area (Å²) in [6.07, 6.45) is 1.17. The maximum atomic E-state index is 10.9. The summed E-state index contributed by atoms with van der Waals surface area (Å²) < 4.78 is 5.43. The predicted octanol–water partition coefficient (Wildman–Crippen LogP) is 1.94. The van der Waals surface area contributed by atoms with Gasteiger partial charge < -0.3 is 10.2 Å². The zero-order valence-electron chi connectivity index (χ0n) is 11.7. The molecule has 0 aliphatic carbocycles. The number of hydrazine groups is 1. The summed E-state index contributed by atoms with van der Waals surface area (Å²) in [5.74, 6) is 0.105. The second kappa shape index (κ2) is 7.19. The minimum absolute atomic E-state index is 0.0141. The van der Waals surface area contributed by atoms with Gasteiger partial charge >= 0.3 is 0 Å². The summed E-state index contributed by atoms with van der Waals surface area (Å²) in [5.41, 5.74) is 6.98. The molecule has 0 radical (unpaired) electrons. The van der Waals surface area contributed by atoms with Crippen LogP contribution < -0.4 is 11.2 Å². The van der Waals surface area contributed by atoms with Crippen molar-refractivity contribution in [2.45, 2.75) is 0 Å². The summed E-state index contributed by atoms with van der Waals surface area (Å²) in [5, 5.41) is 27.0. The molecule has 0 bridgehead atoms. The predicted molar refractivity (Wildman–Crippen MR) is 85.2 cm³/mol. The van der Waals surface area contributed by atoms with Gasteiger partial charge in [-0.15, -0.1) is 5.10 Å². The molecule has 0 amide bonds. The van der Waals surface area contributed by atoms with Gasteiger partial charge in [0, 0.05) is 11.6 Å². The second-order valence-electron chi connectivity index (χ2n) is 4.22. The van der Waals surface area contributed by atoms with Crippen LogP contribution in [0.5, 0.6) is 0 Å². The molecule has 0 saturated carbocycles. The van der Waals surface area contributed by atoms with Crippen molar-refractivity contribution >= 4 is 29.5 Å². The van der Waals surface area contributed by atoms with Gasteiger partial charge in [-0.1, -0.05) is 17.0 Å². The minimum atomic E-state index is -0.882. The van der Waals surface area contributed by atoms with E-state index in [1.807, 2.05) is 0 Å². The van der Waals surface area contributed by atoms with E-state index in [1.165, 1.54) is 24.4 Å². The molecule has 12 heteroatoms. The number of nitro groups is 2. The fourth-order valence-corrected chi connectivity index (χ4v) is 1.83. The third-order valence-electron chi connectivity index (χ3n) is 2.61. The molecule has 3 N–H and O–H groups in total. The Morgan fingerprint density at radius 1 is 1.29 bits per heavy atom. The van der Waals surface area contributed by atoms with Crippen molar-refractivity contribution < 1.29 is 14.4 Å². The van der Waals surface area contributed by atoms with Crippen molar-refractivity contribution in [2.24, 2.45) is 15.9 Å². The molecule has 0 aliphatic heterocycles. The summed E-state index contributed by atoms with van der Waals surface area (Å²) in [6.45, 7) is 0. The highest BCUT2D eigenvalue weighted by atomic mass is 35.5. The number of rotatable bonds is 5. The Hall–Kier alpha value is -3.47. The molecule has 1 aromatic carbocycles. The summed E-state index contributed by atoms with van der Waals surface area (Å²) in [6, 6.07) is 7.33. The third kappa shape index (κ3) is 4.27. The number of benzene rings is 1. The molecule has 0 aliphatic rings. The molecule has 0 fully saturated rings. The van der Waals surface area contributed by atoms with Crippen LogP contribution in [0.2, 0.25) is 5.02 Å². The van der Waals surface area contributed by atoms with Gasteiger partial charge in [-0.2, -0.15) is 5.10 Å². The van der Waals surface area contributed by atoms with Crippen molar-refractivity contribution in [3.63, 3.8) is 0 Å². The fraction of sp³-hybridized carbons (Fsp3) is 0. The molecule has 0 spiro atoms. The molecule has 24 heavy (non-hydrogen) atoms. The minimum Gasteiger partial charge on any atom is -0.455 e. The molecule has 0 saturated heterocycles. The second-order valence-corrected chi connectivity index (χ2v) is 4.63. The standard InChI is InChI=1S/C12H9ClN6O5/c13-9-3-1-7(5-10(9)18(20)21)11-4-2-8(24-11)6-15-16-12(14)17-19(22)23/h1-6H,(H3,14,16,17). The van der Waals surface area contributed by atoms with E-state index in [-0.39, 0.29) is 16.5 Å². The molecule has 11 nitrogen and oxygen atoms in total. The van der Waals surface area contributed by atoms with E-state index in [0.717, 1.165) is 0 Å². The summed E-state index contributed by atoms with van der Waals surface area (Å²) in [4.78, 5) is 20.4. The molecule has 0 atom stereocenters. The molecular weight excluding hydrogens is 344 g/mol. The van der Waals surface area contributed by atoms with Crippen LogP contribution in [0, 0.1) is 20.2 Å². The number of nitrogens with two attached hydrogens (primary N) is 1. The van der Waals surface area contributed by atoms with Crippen LogP contribution in [0.4, 0.5) is 5.69 Å². The van der Waals surface area contributed by atoms with Crippen LogP contribution in [-0.4, -0.2) is 22.1 Å². The maximum absolute atomic E-state index is 10.9. The Morgan fingerprint density at radius 3 is 2.71 bits per heavy atom. The van der Waals surface area contributed by atoms with Crippen LogP contribution in [0.15, 0.2) is 45.0 Å². The van der Waals surface area contributed by atoms with Crippen molar-refractivity contribution in [3.8, 4) is 11.3 Å². The van der Waals surface area contributed by atoms with Gasteiger partial charge in [0.05, 0.1) is 11.1 Å². The highest BCUT2D eigenvalue weighted by molar-refractivity contribution is 6.32. The molecule has 2 rings (SSSR count). The highest BCUT2D eigenvalue weighted by Gasteiger charge is 2.15. The first-order valence-corrected chi connectivity index (χ1v) is 6.56. The van der Waals surface area contributed by atoms with Crippen LogP contribution in [0.3, 0.4) is 0 Å². The Kier molecular flexibility index (Phi) is 5.06. The Bertz CT molecular complexity index is 846. The van der Waals surface area contributed by atoms with Crippen LogP contribution in [0.1, 0.15) is 5.76 Å². The van der Waals surface area contributed by atoms with Crippen LogP contribution in [-0.2, 0) is 0 Å².